The van der Waals surface area contributed by atoms with Crippen LogP contribution < -0.4 is 5.32 Å². The highest BCUT2D eigenvalue weighted by atomic mass is 16.5. The number of amides is 1. The van der Waals surface area contributed by atoms with Crippen LogP contribution in [0.15, 0.2) is 42.7 Å². The molecule has 1 atom stereocenters. The minimum atomic E-state index is -0.101. The van der Waals surface area contributed by atoms with Gasteiger partial charge in [0.25, 0.3) is 5.91 Å². The number of rotatable bonds is 4. The summed E-state index contributed by atoms with van der Waals surface area (Å²) in [7, 11) is 0. The van der Waals surface area contributed by atoms with Crippen LogP contribution in [0, 0.1) is 0 Å². The quantitative estimate of drug-likeness (QED) is 0.918. The van der Waals surface area contributed by atoms with E-state index in [4.69, 9.17) is 4.74 Å². The highest BCUT2D eigenvalue weighted by Crippen LogP contribution is 2.26. The summed E-state index contributed by atoms with van der Waals surface area (Å²) >= 11 is 0. The van der Waals surface area contributed by atoms with E-state index in [1.165, 1.54) is 5.56 Å². The summed E-state index contributed by atoms with van der Waals surface area (Å²) in [6.07, 6.45) is 5.63. The van der Waals surface area contributed by atoms with Gasteiger partial charge in [0, 0.05) is 31.1 Å². The van der Waals surface area contributed by atoms with E-state index in [1.54, 1.807) is 12.4 Å². The largest absolute Gasteiger partial charge is 0.376 e. The Morgan fingerprint density at radius 1 is 1.20 bits per heavy atom. The van der Waals surface area contributed by atoms with E-state index < -0.39 is 0 Å². The van der Waals surface area contributed by atoms with E-state index in [1.807, 2.05) is 6.07 Å². The van der Waals surface area contributed by atoms with Crippen LogP contribution in [0.2, 0.25) is 0 Å². The van der Waals surface area contributed by atoms with Crippen molar-refractivity contribution >= 4 is 5.91 Å². The topological polar surface area (TPSA) is 51.2 Å². The zero-order valence-electron chi connectivity index (χ0n) is 15.2. The molecule has 132 valence electrons. The molecular weight excluding hydrogens is 312 g/mol. The summed E-state index contributed by atoms with van der Waals surface area (Å²) in [5.74, 6) is -0.101. The van der Waals surface area contributed by atoms with E-state index in [2.05, 4.69) is 55.3 Å². The molecule has 1 saturated heterocycles. The van der Waals surface area contributed by atoms with Gasteiger partial charge >= 0.3 is 0 Å². The molecule has 0 aliphatic carbocycles. The fourth-order valence-electron chi connectivity index (χ4n) is 3.00. The number of nitrogens with one attached hydrogen (secondary N) is 1. The predicted molar refractivity (Wildman–Crippen MR) is 99.7 cm³/mol. The van der Waals surface area contributed by atoms with Gasteiger partial charge in [0.2, 0.25) is 0 Å². The number of benzene rings is 1. The van der Waals surface area contributed by atoms with E-state index in [9.17, 15) is 4.79 Å². The van der Waals surface area contributed by atoms with Crippen LogP contribution in [0.3, 0.4) is 0 Å². The number of aromatic nitrogens is 1. The van der Waals surface area contributed by atoms with Crippen LogP contribution in [0.1, 0.15) is 49.5 Å². The zero-order chi connectivity index (χ0) is 17.9. The van der Waals surface area contributed by atoms with Crippen molar-refractivity contribution in [2.24, 2.45) is 0 Å². The van der Waals surface area contributed by atoms with Gasteiger partial charge in [-0.2, -0.15) is 0 Å². The molecule has 0 radical (unpaired) electrons. The third-order valence-corrected chi connectivity index (χ3v) is 4.60. The molecule has 2 aromatic rings. The lowest BCUT2D eigenvalue weighted by Crippen LogP contribution is -2.31. The van der Waals surface area contributed by atoms with Gasteiger partial charge < -0.3 is 10.1 Å². The van der Waals surface area contributed by atoms with Gasteiger partial charge in [-0.3, -0.25) is 9.78 Å². The van der Waals surface area contributed by atoms with E-state index in [-0.39, 0.29) is 17.4 Å². The first-order valence-corrected chi connectivity index (χ1v) is 8.89. The Balaban J connectivity index is 1.71. The molecule has 0 spiro atoms. The second-order valence-corrected chi connectivity index (χ2v) is 7.63. The minimum Gasteiger partial charge on any atom is -0.376 e. The van der Waals surface area contributed by atoms with Gasteiger partial charge in [-0.25, -0.2) is 0 Å². The first-order valence-electron chi connectivity index (χ1n) is 8.89. The number of carbonyl (C=O) groups is 1. The number of ether oxygens (including phenoxy) is 1. The molecule has 3 rings (SSSR count). The van der Waals surface area contributed by atoms with Crippen LogP contribution in [0.5, 0.6) is 0 Å². The number of carbonyl (C=O) groups excluding carboxylic acids is 1. The summed E-state index contributed by atoms with van der Waals surface area (Å²) in [6, 6.07) is 10.3. The lowest BCUT2D eigenvalue weighted by atomic mass is 9.86. The van der Waals surface area contributed by atoms with Crippen molar-refractivity contribution in [3.63, 3.8) is 0 Å². The molecule has 4 nitrogen and oxygen atoms in total. The molecule has 4 heteroatoms. The minimum absolute atomic E-state index is 0.101. The van der Waals surface area contributed by atoms with Gasteiger partial charge in [-0.05, 0) is 35.4 Å². The summed E-state index contributed by atoms with van der Waals surface area (Å²) in [5.41, 5.74) is 4.01. The van der Waals surface area contributed by atoms with Crippen molar-refractivity contribution in [3.05, 3.63) is 53.9 Å². The number of hydrogen-bond donors (Lipinski definition) is 1. The van der Waals surface area contributed by atoms with Crippen LogP contribution >= 0.6 is 0 Å². The van der Waals surface area contributed by atoms with E-state index >= 15 is 0 Å². The van der Waals surface area contributed by atoms with Crippen LogP contribution in [-0.2, 0) is 10.2 Å². The van der Waals surface area contributed by atoms with Crippen molar-refractivity contribution in [2.45, 2.75) is 45.1 Å². The normalized spacial score (nSPS) is 17.5. The van der Waals surface area contributed by atoms with Gasteiger partial charge in [0.1, 0.15) is 0 Å². The molecule has 0 bridgehead atoms. The maximum absolute atomic E-state index is 12.4. The molecule has 1 aliphatic rings. The van der Waals surface area contributed by atoms with E-state index in [0.29, 0.717) is 12.1 Å². The lowest BCUT2D eigenvalue weighted by Gasteiger charge is -2.19. The molecule has 25 heavy (non-hydrogen) atoms. The molecule has 1 aromatic heterocycles. The molecule has 1 fully saturated rings. The van der Waals surface area contributed by atoms with Gasteiger partial charge in [0.05, 0.1) is 11.7 Å². The summed E-state index contributed by atoms with van der Waals surface area (Å²) in [4.78, 5) is 16.6. The van der Waals surface area contributed by atoms with Crippen LogP contribution in [0.4, 0.5) is 0 Å². The average Bonchev–Trinajstić information content (AvgIpc) is 3.13. The third-order valence-electron chi connectivity index (χ3n) is 4.60. The van der Waals surface area contributed by atoms with Crippen LogP contribution in [0.25, 0.3) is 11.1 Å². The highest BCUT2D eigenvalue weighted by molar-refractivity contribution is 5.95. The number of nitrogens with zero attached hydrogens (tertiary/aromatic N) is 1. The molecule has 1 unspecified atom stereocenters. The first kappa shape index (κ1) is 17.6. The Kier molecular flexibility index (Phi) is 5.19. The lowest BCUT2D eigenvalue weighted by molar-refractivity contribution is 0.0857. The molecule has 0 saturated carbocycles. The van der Waals surface area contributed by atoms with Gasteiger partial charge in [-0.15, -0.1) is 0 Å². The second-order valence-electron chi connectivity index (χ2n) is 7.63. The molecule has 2 heterocycles. The third kappa shape index (κ3) is 4.45. The second kappa shape index (κ2) is 7.36. The van der Waals surface area contributed by atoms with Gasteiger partial charge in [0.15, 0.2) is 0 Å². The van der Waals surface area contributed by atoms with Crippen LogP contribution in [-0.4, -0.2) is 30.1 Å². The van der Waals surface area contributed by atoms with Crippen molar-refractivity contribution in [1.82, 2.24) is 10.3 Å². The Labute approximate surface area is 149 Å². The Morgan fingerprint density at radius 3 is 2.60 bits per heavy atom. The SMILES string of the molecule is CC(C)(C)c1ccc(-c2cncc(C(=O)NCC3CCCO3)c2)cc1. The molecule has 1 aliphatic heterocycles. The van der Waals surface area contributed by atoms with Crippen molar-refractivity contribution in [3.8, 4) is 11.1 Å². The van der Waals surface area contributed by atoms with Gasteiger partial charge in [-0.1, -0.05) is 45.0 Å². The molecule has 1 amide bonds. The number of pyridine rings is 1. The summed E-state index contributed by atoms with van der Waals surface area (Å²) in [5, 5.41) is 2.94. The van der Waals surface area contributed by atoms with Crippen molar-refractivity contribution in [2.75, 3.05) is 13.2 Å². The molecule has 1 N–H and O–H groups in total. The molecule has 1 aromatic carbocycles. The fourth-order valence-corrected chi connectivity index (χ4v) is 3.00. The standard InChI is InChI=1S/C21H26N2O2/c1-21(2,3)18-8-6-15(7-9-18)16-11-17(13-22-12-16)20(24)23-14-19-5-4-10-25-19/h6-9,11-13,19H,4-5,10,14H2,1-3H3,(H,23,24). The summed E-state index contributed by atoms with van der Waals surface area (Å²) < 4.78 is 5.54. The smallest absolute Gasteiger partial charge is 0.252 e. The average molecular weight is 338 g/mol. The van der Waals surface area contributed by atoms with Crippen molar-refractivity contribution < 1.29 is 9.53 Å². The maximum atomic E-state index is 12.4. The first-order chi connectivity index (χ1) is 11.9. The Bertz CT molecular complexity index is 726. The van der Waals surface area contributed by atoms with Crippen molar-refractivity contribution in [1.29, 1.82) is 0 Å². The van der Waals surface area contributed by atoms with E-state index in [0.717, 1.165) is 30.6 Å². The zero-order valence-corrected chi connectivity index (χ0v) is 15.2. The monoisotopic (exact) mass is 338 g/mol. The summed E-state index contributed by atoms with van der Waals surface area (Å²) in [6.45, 7) is 7.94. The Morgan fingerprint density at radius 2 is 1.96 bits per heavy atom. The number of hydrogen-bond acceptors (Lipinski definition) is 3. The highest BCUT2D eigenvalue weighted by Gasteiger charge is 2.17. The Hall–Kier alpha value is -2.20. The fraction of sp³-hybridized carbons (Fsp3) is 0.429. The predicted octanol–water partition coefficient (Wildman–Crippen LogP) is 3.95. The maximum Gasteiger partial charge on any atom is 0.252 e. The molecular formula is C21H26N2O2.